The number of carbonyl (C=O) groups excluding carboxylic acids is 1. The molecule has 0 saturated carbocycles. The first kappa shape index (κ1) is 23.0. The normalized spacial score (nSPS) is 11.4. The summed E-state index contributed by atoms with van der Waals surface area (Å²) in [7, 11) is 0. The van der Waals surface area contributed by atoms with Crippen molar-refractivity contribution >= 4 is 56.7 Å². The number of anilines is 3. The molecule has 0 aliphatic carbocycles. The number of fused-ring (bicyclic) bond motifs is 1. The molecule has 172 valence electrons. The van der Waals surface area contributed by atoms with Crippen molar-refractivity contribution < 1.29 is 14.7 Å². The van der Waals surface area contributed by atoms with Crippen LogP contribution >= 0.6 is 11.3 Å². The maximum Gasteiger partial charge on any atom is 0.331 e. The van der Waals surface area contributed by atoms with Gasteiger partial charge in [-0.25, -0.2) is 14.6 Å². The molecule has 4 aromatic rings. The van der Waals surface area contributed by atoms with Gasteiger partial charge in [-0.15, -0.1) is 11.3 Å². The van der Waals surface area contributed by atoms with Gasteiger partial charge in [0.2, 0.25) is 0 Å². The number of hydrogen-bond acceptors (Lipinski definition) is 5. The van der Waals surface area contributed by atoms with Gasteiger partial charge >= 0.3 is 12.0 Å². The molecular formula is C26H24N4O3S. The highest BCUT2D eigenvalue weighted by atomic mass is 32.1. The first-order chi connectivity index (χ1) is 16.4. The predicted molar refractivity (Wildman–Crippen MR) is 139 cm³/mol. The number of aliphatic carboxylic acids is 1. The van der Waals surface area contributed by atoms with Crippen LogP contribution in [0.4, 0.5) is 22.0 Å². The maximum absolute atomic E-state index is 12.3. The summed E-state index contributed by atoms with van der Waals surface area (Å²) in [6.45, 7) is 3.77. The van der Waals surface area contributed by atoms with Gasteiger partial charge in [-0.3, -0.25) is 0 Å². The number of nitrogens with one attached hydrogen (secondary N) is 2. The number of nitrogens with two attached hydrogens (primary N) is 1. The summed E-state index contributed by atoms with van der Waals surface area (Å²) in [6.07, 6.45) is 3.67. The van der Waals surface area contributed by atoms with Crippen molar-refractivity contribution in [3.05, 3.63) is 76.8 Å². The van der Waals surface area contributed by atoms with Gasteiger partial charge in [0.25, 0.3) is 0 Å². The van der Waals surface area contributed by atoms with Gasteiger partial charge < -0.3 is 21.5 Å². The summed E-state index contributed by atoms with van der Waals surface area (Å²) in [5.41, 5.74) is 11.5. The van der Waals surface area contributed by atoms with Gasteiger partial charge in [0.15, 0.2) is 0 Å². The number of aryl methyl sites for hydroxylation is 1. The zero-order chi connectivity index (χ0) is 24.2. The predicted octanol–water partition coefficient (Wildman–Crippen LogP) is 6.38. The molecule has 0 unspecified atom stereocenters. The highest BCUT2D eigenvalue weighted by molar-refractivity contribution is 7.18. The van der Waals surface area contributed by atoms with E-state index < -0.39 is 5.97 Å². The lowest BCUT2D eigenvalue weighted by Gasteiger charge is -2.09. The molecule has 0 bridgehead atoms. The molecule has 34 heavy (non-hydrogen) atoms. The van der Waals surface area contributed by atoms with Gasteiger partial charge in [-0.2, -0.15) is 0 Å². The number of nitrogen functional groups attached to an aromatic ring is 1. The van der Waals surface area contributed by atoms with E-state index in [2.05, 4.69) is 15.6 Å². The molecule has 0 atom stereocenters. The van der Waals surface area contributed by atoms with E-state index in [-0.39, 0.29) is 6.03 Å². The quantitative estimate of drug-likeness (QED) is 0.243. The van der Waals surface area contributed by atoms with E-state index in [1.165, 1.54) is 11.3 Å². The van der Waals surface area contributed by atoms with E-state index in [1.54, 1.807) is 19.2 Å². The molecule has 2 aromatic carbocycles. The minimum atomic E-state index is -0.946. The van der Waals surface area contributed by atoms with Crippen molar-refractivity contribution in [2.45, 2.75) is 20.3 Å². The summed E-state index contributed by atoms with van der Waals surface area (Å²) in [6, 6.07) is 14.7. The Morgan fingerprint density at radius 1 is 1.12 bits per heavy atom. The topological polar surface area (TPSA) is 117 Å². The molecule has 0 spiro atoms. The maximum atomic E-state index is 12.3. The number of carboxylic acid groups (broad SMARTS) is 1. The number of carbonyl (C=O) groups is 2. The second-order valence-corrected chi connectivity index (χ2v) is 8.69. The molecular weight excluding hydrogens is 448 g/mol. The summed E-state index contributed by atoms with van der Waals surface area (Å²) in [5.74, 6) is -0.560. The van der Waals surface area contributed by atoms with Crippen LogP contribution in [0.3, 0.4) is 0 Å². The van der Waals surface area contributed by atoms with Crippen molar-refractivity contribution in [2.75, 3.05) is 16.4 Å². The summed E-state index contributed by atoms with van der Waals surface area (Å²) in [5, 5.41) is 17.8. The molecule has 0 radical (unpaired) electrons. The summed E-state index contributed by atoms with van der Waals surface area (Å²) in [4.78, 5) is 28.1. The molecule has 2 amide bonds. The minimum absolute atomic E-state index is 0.308. The molecule has 7 nitrogen and oxygen atoms in total. The Labute approximate surface area is 201 Å². The third-order valence-corrected chi connectivity index (χ3v) is 6.40. The Morgan fingerprint density at radius 2 is 1.85 bits per heavy atom. The lowest BCUT2D eigenvalue weighted by Crippen LogP contribution is -2.19. The third kappa shape index (κ3) is 4.92. The molecule has 8 heteroatoms. The lowest BCUT2D eigenvalue weighted by atomic mass is 10.0. The smallest absolute Gasteiger partial charge is 0.331 e. The van der Waals surface area contributed by atoms with Crippen molar-refractivity contribution in [3.8, 4) is 11.1 Å². The van der Waals surface area contributed by atoms with Crippen LogP contribution in [0, 0.1) is 6.92 Å². The number of benzene rings is 2. The van der Waals surface area contributed by atoms with Crippen LogP contribution in [0.1, 0.15) is 24.5 Å². The summed E-state index contributed by atoms with van der Waals surface area (Å²) >= 11 is 1.49. The van der Waals surface area contributed by atoms with E-state index in [0.29, 0.717) is 23.5 Å². The summed E-state index contributed by atoms with van der Waals surface area (Å²) < 4.78 is 0.884. The van der Waals surface area contributed by atoms with Gasteiger partial charge in [0, 0.05) is 44.4 Å². The van der Waals surface area contributed by atoms with Crippen molar-refractivity contribution in [2.24, 2.45) is 0 Å². The first-order valence-electron chi connectivity index (χ1n) is 10.7. The molecule has 0 aliphatic rings. The van der Waals surface area contributed by atoms with Crippen LogP contribution in [-0.4, -0.2) is 22.1 Å². The molecule has 2 heterocycles. The van der Waals surface area contributed by atoms with Crippen LogP contribution < -0.4 is 16.4 Å². The van der Waals surface area contributed by atoms with E-state index in [1.807, 2.05) is 60.8 Å². The molecule has 0 saturated heterocycles. The molecule has 4 rings (SSSR count). The number of pyridine rings is 1. The molecule has 0 aliphatic heterocycles. The van der Waals surface area contributed by atoms with Crippen LogP contribution in [0.2, 0.25) is 0 Å². The van der Waals surface area contributed by atoms with Crippen LogP contribution in [-0.2, 0) is 4.79 Å². The zero-order valence-electron chi connectivity index (χ0n) is 18.8. The fourth-order valence-corrected chi connectivity index (χ4v) is 4.72. The van der Waals surface area contributed by atoms with Crippen molar-refractivity contribution in [1.29, 1.82) is 0 Å². The number of urea groups is 1. The van der Waals surface area contributed by atoms with E-state index in [9.17, 15) is 14.7 Å². The van der Waals surface area contributed by atoms with Crippen LogP contribution in [0.5, 0.6) is 0 Å². The van der Waals surface area contributed by atoms with Gasteiger partial charge in [-0.1, -0.05) is 31.2 Å². The molecule has 2 aromatic heterocycles. The molecule has 5 N–H and O–H groups in total. The third-order valence-electron chi connectivity index (χ3n) is 5.37. The Balaban J connectivity index is 1.58. The first-order valence-corrected chi connectivity index (χ1v) is 11.6. The number of nitrogens with zero attached hydrogens (tertiary/aromatic N) is 1. The minimum Gasteiger partial charge on any atom is -0.478 e. The van der Waals surface area contributed by atoms with E-state index in [0.717, 1.165) is 38.0 Å². The Kier molecular flexibility index (Phi) is 6.60. The van der Waals surface area contributed by atoms with Gasteiger partial charge in [0.05, 0.1) is 0 Å². The lowest BCUT2D eigenvalue weighted by molar-refractivity contribution is -0.132. The fourth-order valence-electron chi connectivity index (χ4n) is 3.65. The van der Waals surface area contributed by atoms with Gasteiger partial charge in [0.1, 0.15) is 5.82 Å². The highest BCUT2D eigenvalue weighted by Gasteiger charge is 2.15. The number of rotatable bonds is 6. The zero-order valence-corrected chi connectivity index (χ0v) is 19.6. The highest BCUT2D eigenvalue weighted by Crippen LogP contribution is 2.39. The molecule has 0 fully saturated rings. The van der Waals surface area contributed by atoms with Gasteiger partial charge in [-0.05, 0) is 60.2 Å². The van der Waals surface area contributed by atoms with Crippen LogP contribution in [0.15, 0.2) is 65.7 Å². The van der Waals surface area contributed by atoms with E-state index in [4.69, 9.17) is 5.73 Å². The van der Waals surface area contributed by atoms with Crippen molar-refractivity contribution in [3.63, 3.8) is 0 Å². The average molecular weight is 473 g/mol. The second-order valence-electron chi connectivity index (χ2n) is 7.81. The Hall–Kier alpha value is -4.17. The second kappa shape index (κ2) is 9.76. The Bertz CT molecular complexity index is 1410. The number of hydrogen-bond donors (Lipinski definition) is 4. The van der Waals surface area contributed by atoms with Crippen LogP contribution in [0.25, 0.3) is 27.3 Å². The number of aromatic nitrogens is 1. The number of carboxylic acids is 1. The van der Waals surface area contributed by atoms with Crippen molar-refractivity contribution in [1.82, 2.24) is 4.98 Å². The number of thiophene rings is 1. The standard InChI is InChI=1S/C26H24N4O3S/c1-3-16(25(31)32)12-18-13-28-24(27)22-21(14-34-23(18)22)17-7-9-19(10-8-17)29-26(33)30-20-6-4-5-15(2)11-20/h4-14H,3H2,1-2H3,(H2,27,28)(H,31,32)(H2,29,30,33). The SMILES string of the molecule is CCC(=Cc1cnc(N)c2c(-c3ccc(NC(=O)Nc4cccc(C)c4)cc3)csc12)C(=O)O. The van der Waals surface area contributed by atoms with E-state index >= 15 is 0 Å². The number of amides is 2. The monoisotopic (exact) mass is 472 g/mol. The Morgan fingerprint density at radius 3 is 2.53 bits per heavy atom. The fraction of sp³-hybridized carbons (Fsp3) is 0.115. The largest absolute Gasteiger partial charge is 0.478 e. The average Bonchev–Trinajstić information content (AvgIpc) is 3.25.